The number of thioether (sulfide) groups is 1. The van der Waals surface area contributed by atoms with E-state index in [1.807, 2.05) is 0 Å². The Kier molecular flexibility index (Phi) is 3.98. The van der Waals surface area contributed by atoms with Crippen molar-refractivity contribution < 1.29 is 22.7 Å². The first-order valence-corrected chi connectivity index (χ1v) is 4.88. The molecule has 0 aliphatic heterocycles. The number of halogens is 4. The smallest absolute Gasteiger partial charge is 0.295 e. The summed E-state index contributed by atoms with van der Waals surface area (Å²) in [6, 6.07) is 4.61. The first-order chi connectivity index (χ1) is 6.95. The van der Waals surface area contributed by atoms with Crippen LogP contribution >= 0.6 is 11.8 Å². The molecular weight excluding hydrogens is 232 g/mol. The maximum absolute atomic E-state index is 13.0. The number of hydrogen-bond donors (Lipinski definition) is 1. The van der Waals surface area contributed by atoms with E-state index in [9.17, 15) is 17.6 Å². The van der Waals surface area contributed by atoms with Gasteiger partial charge in [0.15, 0.2) is 0 Å². The largest absolute Gasteiger partial charge is 0.390 e. The molecule has 0 bridgehead atoms. The van der Waals surface area contributed by atoms with Gasteiger partial charge in [-0.05, 0) is 12.1 Å². The Morgan fingerprint density at radius 3 is 2.53 bits per heavy atom. The van der Waals surface area contributed by atoms with Gasteiger partial charge in [0.2, 0.25) is 0 Å². The van der Waals surface area contributed by atoms with E-state index in [1.54, 1.807) is 0 Å². The molecule has 0 saturated heterocycles. The number of aliphatic hydroxyl groups excluding tert-OH is 1. The minimum atomic E-state index is -3.39. The third-order valence-corrected chi connectivity index (χ3v) is 2.38. The molecule has 0 aliphatic carbocycles. The van der Waals surface area contributed by atoms with Crippen molar-refractivity contribution in [2.75, 3.05) is 6.61 Å². The minimum absolute atomic E-state index is 0.0515. The number of hydrogen-bond acceptors (Lipinski definition) is 2. The van der Waals surface area contributed by atoms with E-state index in [0.717, 1.165) is 12.1 Å². The third kappa shape index (κ3) is 3.39. The summed E-state index contributed by atoms with van der Waals surface area (Å²) >= 11 is 0.191. The van der Waals surface area contributed by atoms with E-state index < -0.39 is 23.9 Å². The number of rotatable bonds is 4. The zero-order chi connectivity index (χ0) is 11.5. The summed E-state index contributed by atoms with van der Waals surface area (Å²) in [5, 5.41) is 8.42. The minimum Gasteiger partial charge on any atom is -0.390 e. The number of aliphatic hydroxyl groups is 1. The van der Waals surface area contributed by atoms with Gasteiger partial charge in [0.05, 0.1) is 0 Å². The number of alkyl halides is 4. The van der Waals surface area contributed by atoms with Gasteiger partial charge in [-0.3, -0.25) is 0 Å². The predicted molar refractivity (Wildman–Crippen MR) is 49.3 cm³/mol. The van der Waals surface area contributed by atoms with Crippen molar-refractivity contribution >= 4 is 11.8 Å². The van der Waals surface area contributed by atoms with Gasteiger partial charge in [-0.2, -0.15) is 17.6 Å². The lowest BCUT2D eigenvalue weighted by Crippen LogP contribution is -2.18. The molecule has 0 radical (unpaired) electrons. The van der Waals surface area contributed by atoms with Crippen LogP contribution in [-0.4, -0.2) is 17.5 Å². The summed E-state index contributed by atoms with van der Waals surface area (Å²) < 4.78 is 49.8. The highest BCUT2D eigenvalue weighted by atomic mass is 32.2. The molecule has 0 atom stereocenters. The summed E-state index contributed by atoms with van der Waals surface area (Å²) in [7, 11) is 0. The second-order valence-corrected chi connectivity index (χ2v) is 3.83. The van der Waals surface area contributed by atoms with Gasteiger partial charge >= 0.3 is 0 Å². The fraction of sp³-hybridized carbons (Fsp3) is 0.333. The van der Waals surface area contributed by atoms with Crippen LogP contribution in [0.25, 0.3) is 0 Å². The molecule has 84 valence electrons. The van der Waals surface area contributed by atoms with E-state index in [1.165, 1.54) is 12.1 Å². The van der Waals surface area contributed by atoms with Crippen LogP contribution in [0.5, 0.6) is 0 Å². The van der Waals surface area contributed by atoms with E-state index in [-0.39, 0.29) is 16.7 Å². The average molecular weight is 240 g/mol. The Balaban J connectivity index is 2.92. The van der Waals surface area contributed by atoms with Crippen molar-refractivity contribution in [3.8, 4) is 0 Å². The lowest BCUT2D eigenvalue weighted by atomic mass is 10.1. The lowest BCUT2D eigenvalue weighted by Gasteiger charge is -2.14. The highest BCUT2D eigenvalue weighted by Crippen LogP contribution is 2.32. The summed E-state index contributed by atoms with van der Waals surface area (Å²) in [5.74, 6) is -6.04. The van der Waals surface area contributed by atoms with Crippen LogP contribution in [0.4, 0.5) is 17.6 Å². The normalized spacial score (nSPS) is 12.1. The van der Waals surface area contributed by atoms with Crippen molar-refractivity contribution in [2.24, 2.45) is 0 Å². The molecule has 0 aliphatic rings. The van der Waals surface area contributed by atoms with Crippen molar-refractivity contribution in [1.82, 2.24) is 0 Å². The van der Waals surface area contributed by atoms with Crippen LogP contribution in [0, 0.1) is 0 Å². The Hall–Kier alpha value is -0.750. The maximum atomic E-state index is 13.0. The summed E-state index contributed by atoms with van der Waals surface area (Å²) in [5.41, 5.74) is -0.462. The van der Waals surface area contributed by atoms with Gasteiger partial charge < -0.3 is 5.11 Å². The standard InChI is InChI=1S/C9H8F4OS/c10-8(11)15-7-3-1-2-6(4-7)9(12,13)5-14/h1-4,8,14H,5H2. The van der Waals surface area contributed by atoms with E-state index in [0.29, 0.717) is 0 Å². The molecule has 0 fully saturated rings. The Labute approximate surface area is 88.1 Å². The molecule has 1 aromatic carbocycles. The third-order valence-electron chi connectivity index (χ3n) is 1.68. The highest BCUT2D eigenvalue weighted by Gasteiger charge is 2.30. The van der Waals surface area contributed by atoms with Crippen molar-refractivity contribution in [1.29, 1.82) is 0 Å². The van der Waals surface area contributed by atoms with Crippen molar-refractivity contribution in [2.45, 2.75) is 16.6 Å². The molecule has 0 spiro atoms. The quantitative estimate of drug-likeness (QED) is 0.644. The van der Waals surface area contributed by atoms with Gasteiger partial charge in [0.25, 0.3) is 11.7 Å². The van der Waals surface area contributed by atoms with E-state index in [4.69, 9.17) is 5.11 Å². The van der Waals surface area contributed by atoms with Crippen LogP contribution in [0.1, 0.15) is 5.56 Å². The van der Waals surface area contributed by atoms with Crippen molar-refractivity contribution in [3.63, 3.8) is 0 Å². The molecule has 0 heterocycles. The SMILES string of the molecule is OCC(F)(F)c1cccc(SC(F)F)c1. The van der Waals surface area contributed by atoms with Gasteiger partial charge in [0.1, 0.15) is 6.61 Å². The van der Waals surface area contributed by atoms with E-state index in [2.05, 4.69) is 0 Å². The predicted octanol–water partition coefficient (Wildman–Crippen LogP) is 3.09. The molecule has 6 heteroatoms. The molecule has 15 heavy (non-hydrogen) atoms. The lowest BCUT2D eigenvalue weighted by molar-refractivity contribution is -0.0557. The molecule has 0 amide bonds. The first-order valence-electron chi connectivity index (χ1n) is 4.00. The van der Waals surface area contributed by atoms with Gasteiger partial charge in [-0.15, -0.1) is 0 Å². The Bertz CT molecular complexity index is 330. The van der Waals surface area contributed by atoms with Gasteiger partial charge in [0, 0.05) is 10.5 Å². The molecule has 0 saturated carbocycles. The highest BCUT2D eigenvalue weighted by molar-refractivity contribution is 7.99. The fourth-order valence-corrected chi connectivity index (χ4v) is 1.55. The molecule has 1 N–H and O–H groups in total. The molecule has 1 nitrogen and oxygen atoms in total. The summed E-state index contributed by atoms with van der Waals surface area (Å²) in [6.45, 7) is -1.34. The molecule has 0 aromatic heterocycles. The average Bonchev–Trinajstić information content (AvgIpc) is 2.17. The molecular formula is C9H8F4OS. The van der Waals surface area contributed by atoms with E-state index >= 15 is 0 Å². The van der Waals surface area contributed by atoms with Crippen LogP contribution in [-0.2, 0) is 5.92 Å². The topological polar surface area (TPSA) is 20.2 Å². The zero-order valence-electron chi connectivity index (χ0n) is 7.46. The maximum Gasteiger partial charge on any atom is 0.295 e. The second kappa shape index (κ2) is 4.85. The second-order valence-electron chi connectivity index (χ2n) is 2.77. The molecule has 1 rings (SSSR count). The monoisotopic (exact) mass is 240 g/mol. The first kappa shape index (κ1) is 12.3. The Morgan fingerprint density at radius 2 is 2.00 bits per heavy atom. The van der Waals surface area contributed by atoms with Crippen LogP contribution in [0.3, 0.4) is 0 Å². The van der Waals surface area contributed by atoms with Crippen LogP contribution < -0.4 is 0 Å². The summed E-state index contributed by atoms with van der Waals surface area (Å²) in [4.78, 5) is 0.0515. The number of benzene rings is 1. The van der Waals surface area contributed by atoms with Crippen LogP contribution in [0.2, 0.25) is 0 Å². The van der Waals surface area contributed by atoms with Crippen molar-refractivity contribution in [3.05, 3.63) is 29.8 Å². The molecule has 1 aromatic rings. The van der Waals surface area contributed by atoms with Gasteiger partial charge in [-0.1, -0.05) is 23.9 Å². The Morgan fingerprint density at radius 1 is 1.33 bits per heavy atom. The summed E-state index contributed by atoms with van der Waals surface area (Å²) in [6.07, 6.45) is 0. The fourth-order valence-electron chi connectivity index (χ4n) is 0.991. The van der Waals surface area contributed by atoms with Gasteiger partial charge in [-0.25, -0.2) is 0 Å². The van der Waals surface area contributed by atoms with Crippen LogP contribution in [0.15, 0.2) is 29.2 Å². The zero-order valence-corrected chi connectivity index (χ0v) is 8.28. The molecule has 0 unspecified atom stereocenters.